The van der Waals surface area contributed by atoms with Gasteiger partial charge in [-0.25, -0.2) is 18.5 Å². The van der Waals surface area contributed by atoms with E-state index in [1.807, 2.05) is 60.1 Å². The Balaban J connectivity index is 0.991. The molecule has 4 aliphatic heterocycles. The Morgan fingerprint density at radius 2 is 1.65 bits per heavy atom. The number of ether oxygens (including phenoxy) is 2. The lowest BCUT2D eigenvalue weighted by Crippen LogP contribution is -2.44. The first-order valence-electron chi connectivity index (χ1n) is 27.4. The smallest absolute Gasteiger partial charge is 0.456 e. The van der Waals surface area contributed by atoms with Crippen molar-refractivity contribution in [3.05, 3.63) is 164 Å². The lowest BCUT2D eigenvalue weighted by Gasteiger charge is -2.43. The van der Waals surface area contributed by atoms with Gasteiger partial charge in [-0.3, -0.25) is 32.8 Å². The van der Waals surface area contributed by atoms with Gasteiger partial charge in [-0.15, -0.1) is 0 Å². The summed E-state index contributed by atoms with van der Waals surface area (Å²) < 4.78 is 131. The summed E-state index contributed by atoms with van der Waals surface area (Å²) in [5.41, 5.74) is 4.17. The molecule has 32 heteroatoms. The fourth-order valence-corrected chi connectivity index (χ4v) is 15.1. The number of fused-ring (bicyclic) bond motifs is 3. The number of aromatic amines is 1. The standard InChI is InChI=1S/C56H66N5O22P3S2/c1-6-61-45-31-48-42(30-41(45)36(2)33-55(61,3)4)38(28-47(80-48)37-16-9-7-10-17-37)18-11-8-12-20-50-56(5,43-29-40(88(76,77)78)22-23-44(43)59(50)26-15-27-87(73,74)75)24-13-21-51(63)57-25-14-19-39-34-60(54(65)58-53(39)64)52-32-46(62)49(81-52)35-79-85(69,70)83-86(71,72)82-84(66,67)68/h7-12,14,16-20,22-23,28-31,33-34,46,49,52,62H,6,13,15,21,24-27,32,35H2,1-5H3,(H7-,57,58,63,64,65,66,67,68,69,70,71,72,73,74,75,76,77,78)/p+1/b19-14+/t46-,49+,52+,56?/m0/s1. The van der Waals surface area contributed by atoms with Gasteiger partial charge in [0, 0.05) is 84.7 Å². The van der Waals surface area contributed by atoms with E-state index in [0.717, 1.165) is 50.8 Å². The molecule has 1 fully saturated rings. The summed E-state index contributed by atoms with van der Waals surface area (Å²) in [6.45, 7) is 10.1. The summed E-state index contributed by atoms with van der Waals surface area (Å²) in [6.07, 6.45) is 12.8. The Bertz CT molecular complexity index is 4130. The van der Waals surface area contributed by atoms with Crippen molar-refractivity contribution in [2.45, 2.75) is 101 Å². The molecule has 5 heterocycles. The number of amides is 1. The minimum absolute atomic E-state index is 0.0370. The molecule has 0 bridgehead atoms. The number of aliphatic hydroxyl groups excluding tert-OH is 1. The van der Waals surface area contributed by atoms with Crippen LogP contribution in [-0.4, -0.2) is 126 Å². The zero-order chi connectivity index (χ0) is 64.4. The number of nitrogens with zero attached hydrogens (tertiary/aromatic N) is 3. The van der Waals surface area contributed by atoms with Gasteiger partial charge < -0.3 is 44.4 Å². The first kappa shape index (κ1) is 67.6. The van der Waals surface area contributed by atoms with Crippen molar-refractivity contribution in [1.29, 1.82) is 0 Å². The molecule has 9 N–H and O–H groups in total. The Labute approximate surface area is 506 Å². The van der Waals surface area contributed by atoms with Crippen molar-refractivity contribution in [2.24, 2.45) is 0 Å². The van der Waals surface area contributed by atoms with E-state index in [2.05, 4.69) is 74.2 Å². The number of hydrogen-bond donors (Lipinski definition) is 9. The molecule has 1 saturated heterocycles. The number of nitrogens with one attached hydrogen (secondary N) is 2. The number of aromatic nitrogens is 2. The topological polar surface area (TPSA) is 397 Å². The van der Waals surface area contributed by atoms with Crippen LogP contribution in [0.2, 0.25) is 0 Å². The number of benzene rings is 3. The predicted molar refractivity (Wildman–Crippen MR) is 324 cm³/mol. The zero-order valence-corrected chi connectivity index (χ0v) is 52.4. The number of likely N-dealkylation sites (N-methyl/N-ethyl adjacent to an activating group) is 1. The first-order chi connectivity index (χ1) is 41.1. The average molecular weight is 1320 g/mol. The highest BCUT2D eigenvalue weighted by atomic mass is 32.2. The fourth-order valence-electron chi connectivity index (χ4n) is 11.1. The monoisotopic (exact) mass is 1320 g/mol. The molecule has 0 radical (unpaired) electrons. The average Bonchev–Trinajstić information content (AvgIpc) is 1.41. The van der Waals surface area contributed by atoms with Gasteiger partial charge in [-0.05, 0) is 82.9 Å². The number of phosphoric ester groups is 1. The van der Waals surface area contributed by atoms with Gasteiger partial charge in [0.1, 0.15) is 30.4 Å². The van der Waals surface area contributed by atoms with Crippen LogP contribution in [0.15, 0.2) is 130 Å². The lowest BCUT2D eigenvalue weighted by atomic mass is 9.75. The van der Waals surface area contributed by atoms with E-state index >= 15 is 0 Å². The molecule has 6 atom stereocenters. The molecule has 4 aliphatic rings. The molecule has 3 aromatic carbocycles. The molecule has 8 rings (SSSR count). The van der Waals surface area contributed by atoms with E-state index in [-0.39, 0.29) is 56.3 Å². The van der Waals surface area contributed by atoms with Gasteiger partial charge in [-0.1, -0.05) is 72.9 Å². The van der Waals surface area contributed by atoms with Crippen LogP contribution >= 0.6 is 23.5 Å². The maximum atomic E-state index is 13.4. The van der Waals surface area contributed by atoms with Crippen molar-refractivity contribution >= 4 is 89.7 Å². The molecule has 1 amide bonds. The summed E-state index contributed by atoms with van der Waals surface area (Å²) in [6, 6.07) is 18.0. The number of carbonyl (C=O) groups excluding carboxylic acids is 1. The minimum Gasteiger partial charge on any atom is -0.456 e. The Morgan fingerprint density at radius 3 is 2.33 bits per heavy atom. The zero-order valence-electron chi connectivity index (χ0n) is 48.1. The largest absolute Gasteiger partial charge is 0.490 e. The SMILES string of the molecule is CCN1c2cc3c(cc2C(C)=CC1(C)C)C(=CC=CC=CC1=[N+](CCCS(=O)(=O)O)c2ccc(S(=O)(=O)O)cc2C1(C)CCCC(=O)NC/C=C/c1cn([C@H]2C[C@H](O)[C@@H](COP(=O)(O)OP(=O)(O)OP(=O)(O)O)O2)c(=O)[nH]c1=O)C=C(c1ccccc1)O3. The molecule has 474 valence electrons. The second-order valence-electron chi connectivity index (χ2n) is 21.7. The van der Waals surface area contributed by atoms with E-state index in [1.165, 1.54) is 30.4 Å². The lowest BCUT2D eigenvalue weighted by molar-refractivity contribution is -0.437. The van der Waals surface area contributed by atoms with E-state index in [0.29, 0.717) is 28.5 Å². The van der Waals surface area contributed by atoms with Crippen LogP contribution in [0.4, 0.5) is 11.4 Å². The van der Waals surface area contributed by atoms with Crippen molar-refractivity contribution in [3.8, 4) is 5.75 Å². The normalized spacial score (nSPS) is 22.1. The van der Waals surface area contributed by atoms with Gasteiger partial charge in [0.25, 0.3) is 25.8 Å². The van der Waals surface area contributed by atoms with Gasteiger partial charge in [-0.2, -0.15) is 30.0 Å². The highest BCUT2D eigenvalue weighted by Gasteiger charge is 2.48. The van der Waals surface area contributed by atoms with Crippen LogP contribution in [0, 0.1) is 0 Å². The second kappa shape index (κ2) is 26.6. The molecule has 3 unspecified atom stereocenters. The van der Waals surface area contributed by atoms with Crippen LogP contribution in [0.25, 0.3) is 23.0 Å². The van der Waals surface area contributed by atoms with Gasteiger partial charge in [0.05, 0.1) is 39.9 Å². The van der Waals surface area contributed by atoms with Crippen molar-refractivity contribution in [1.82, 2.24) is 14.9 Å². The van der Waals surface area contributed by atoms with E-state index < -0.39 is 102 Å². The number of hydrogen-bond acceptors (Lipinski definition) is 17. The summed E-state index contributed by atoms with van der Waals surface area (Å²) >= 11 is 0. The highest BCUT2D eigenvalue weighted by Crippen LogP contribution is 2.66. The van der Waals surface area contributed by atoms with Gasteiger partial charge >= 0.3 is 29.2 Å². The molecule has 0 aliphatic carbocycles. The summed E-state index contributed by atoms with van der Waals surface area (Å²) in [4.78, 5) is 79.8. The molecule has 0 spiro atoms. The minimum atomic E-state index is -5.84. The third-order valence-corrected chi connectivity index (χ3v) is 20.4. The van der Waals surface area contributed by atoms with Crippen LogP contribution in [0.3, 0.4) is 0 Å². The van der Waals surface area contributed by atoms with Gasteiger partial charge in [0.15, 0.2) is 5.71 Å². The molecule has 27 nitrogen and oxygen atoms in total. The number of rotatable bonds is 25. The van der Waals surface area contributed by atoms with Gasteiger partial charge in [0.2, 0.25) is 11.6 Å². The molecule has 0 saturated carbocycles. The molecule has 4 aromatic rings. The van der Waals surface area contributed by atoms with E-state index in [4.69, 9.17) is 19.3 Å². The van der Waals surface area contributed by atoms with Crippen molar-refractivity contribution < 1.29 is 96.3 Å². The maximum absolute atomic E-state index is 13.4. The van der Waals surface area contributed by atoms with E-state index in [1.54, 1.807) is 18.2 Å². The molecule has 88 heavy (non-hydrogen) atoms. The number of anilines is 1. The maximum Gasteiger partial charge on any atom is 0.490 e. The van der Waals surface area contributed by atoms with Crippen molar-refractivity contribution in [2.75, 3.05) is 36.9 Å². The number of allylic oxidation sites excluding steroid dienone is 8. The fraction of sp³-hybridized carbons (Fsp3) is 0.357. The van der Waals surface area contributed by atoms with Crippen LogP contribution < -0.4 is 26.2 Å². The van der Waals surface area contributed by atoms with Crippen LogP contribution in [-0.2, 0) is 62.0 Å². The number of H-pyrrole nitrogens is 1. The predicted octanol–water partition coefficient (Wildman–Crippen LogP) is 7.06. The van der Waals surface area contributed by atoms with E-state index in [9.17, 15) is 68.9 Å². The quantitative estimate of drug-likeness (QED) is 0.0139. The summed E-state index contributed by atoms with van der Waals surface area (Å²) in [5, 5.41) is 13.3. The van der Waals surface area contributed by atoms with Crippen LogP contribution in [0.5, 0.6) is 5.75 Å². The summed E-state index contributed by atoms with van der Waals surface area (Å²) in [5.74, 6) is 0.317. The summed E-state index contributed by atoms with van der Waals surface area (Å²) in [7, 11) is -26.2. The van der Waals surface area contributed by atoms with Crippen molar-refractivity contribution in [3.63, 3.8) is 0 Å². The first-order valence-corrected chi connectivity index (χ1v) is 34.9. The number of phosphoric acid groups is 3. The molecular formula is C56H67N5O22P3S2+. The Morgan fingerprint density at radius 1 is 0.920 bits per heavy atom. The van der Waals surface area contributed by atoms with Crippen LogP contribution in [0.1, 0.15) is 101 Å². The molecule has 1 aromatic heterocycles. The number of carbonyl (C=O) groups is 1. The third-order valence-electron chi connectivity index (χ3n) is 14.9. The Hall–Kier alpha value is -6.33. The second-order valence-corrected chi connectivity index (χ2v) is 29.1. The number of aliphatic hydroxyl groups is 1. The third kappa shape index (κ3) is 16.5. The molecular weight excluding hydrogens is 1250 g/mol. The highest BCUT2D eigenvalue weighted by molar-refractivity contribution is 7.86. The Kier molecular flexibility index (Phi) is 20.5.